The first-order chi connectivity index (χ1) is 11.1. The fraction of sp³-hybridized carbons (Fsp3) is 0.632. The number of ether oxygens (including phenoxy) is 1. The highest BCUT2D eigenvalue weighted by atomic mass is 16.5. The molecule has 0 saturated carbocycles. The Labute approximate surface area is 139 Å². The van der Waals surface area contributed by atoms with E-state index in [1.165, 1.54) is 37.9 Å². The molecule has 0 aromatic heterocycles. The number of hydrogen-bond acceptors (Lipinski definition) is 3. The maximum atomic E-state index is 12.3. The van der Waals surface area contributed by atoms with Crippen molar-refractivity contribution >= 4 is 5.91 Å². The average Bonchev–Trinajstić information content (AvgIpc) is 2.77. The maximum absolute atomic E-state index is 12.3. The first-order valence-corrected chi connectivity index (χ1v) is 8.89. The summed E-state index contributed by atoms with van der Waals surface area (Å²) in [5, 5.41) is 0. The van der Waals surface area contributed by atoms with Crippen LogP contribution in [-0.2, 0) is 17.9 Å². The lowest BCUT2D eigenvalue weighted by Crippen LogP contribution is -2.35. The van der Waals surface area contributed by atoms with E-state index in [1.54, 1.807) is 0 Å². The molecule has 0 bridgehead atoms. The van der Waals surface area contributed by atoms with Gasteiger partial charge in [-0.25, -0.2) is 0 Å². The van der Waals surface area contributed by atoms with Gasteiger partial charge in [0.05, 0.1) is 6.54 Å². The van der Waals surface area contributed by atoms with Gasteiger partial charge in [-0.2, -0.15) is 0 Å². The summed E-state index contributed by atoms with van der Waals surface area (Å²) in [7, 11) is 0. The minimum atomic E-state index is 0.0353. The minimum absolute atomic E-state index is 0.0353. The number of likely N-dealkylation sites (tertiary alicyclic amines) is 1. The van der Waals surface area contributed by atoms with Gasteiger partial charge in [-0.15, -0.1) is 0 Å². The molecule has 2 heterocycles. The van der Waals surface area contributed by atoms with Crippen molar-refractivity contribution in [1.29, 1.82) is 0 Å². The average molecular weight is 316 g/mol. The fourth-order valence-electron chi connectivity index (χ4n) is 3.47. The molecule has 4 nitrogen and oxygen atoms in total. The van der Waals surface area contributed by atoms with Gasteiger partial charge in [0.2, 0.25) is 5.91 Å². The molecule has 0 aliphatic carbocycles. The van der Waals surface area contributed by atoms with E-state index in [9.17, 15) is 4.79 Å². The van der Waals surface area contributed by atoms with Crippen LogP contribution in [0.15, 0.2) is 18.2 Å². The first kappa shape index (κ1) is 16.3. The highest BCUT2D eigenvalue weighted by Crippen LogP contribution is 2.26. The molecule has 0 N–H and O–H groups in total. The van der Waals surface area contributed by atoms with Crippen LogP contribution in [0.2, 0.25) is 0 Å². The lowest BCUT2D eigenvalue weighted by molar-refractivity contribution is -0.135. The SMILES string of the molecule is CC(C)C(=O)N1CCOc2ccc(CN3CCCCC3)cc2C1. The van der Waals surface area contributed by atoms with Crippen molar-refractivity contribution in [1.82, 2.24) is 9.80 Å². The van der Waals surface area contributed by atoms with Crippen LogP contribution in [0.1, 0.15) is 44.2 Å². The van der Waals surface area contributed by atoms with Crippen LogP contribution in [0.4, 0.5) is 0 Å². The normalized spacial score (nSPS) is 19.2. The summed E-state index contributed by atoms with van der Waals surface area (Å²) in [5.74, 6) is 1.18. The van der Waals surface area contributed by atoms with Gasteiger partial charge < -0.3 is 9.64 Å². The van der Waals surface area contributed by atoms with Crippen molar-refractivity contribution in [3.63, 3.8) is 0 Å². The van der Waals surface area contributed by atoms with Crippen molar-refractivity contribution in [2.75, 3.05) is 26.2 Å². The molecular formula is C19H28N2O2. The predicted molar refractivity (Wildman–Crippen MR) is 91.3 cm³/mol. The van der Waals surface area contributed by atoms with Crippen LogP contribution in [0.3, 0.4) is 0 Å². The second kappa shape index (κ2) is 7.35. The maximum Gasteiger partial charge on any atom is 0.225 e. The van der Waals surface area contributed by atoms with Crippen molar-refractivity contribution in [2.45, 2.75) is 46.2 Å². The number of carbonyl (C=O) groups excluding carboxylic acids is 1. The van der Waals surface area contributed by atoms with Crippen LogP contribution in [0.5, 0.6) is 5.75 Å². The Bertz CT molecular complexity index is 550. The molecule has 0 radical (unpaired) electrons. The molecular weight excluding hydrogens is 288 g/mol. The Hall–Kier alpha value is -1.55. The molecule has 1 fully saturated rings. The number of carbonyl (C=O) groups is 1. The van der Waals surface area contributed by atoms with Crippen LogP contribution < -0.4 is 4.74 Å². The number of hydrogen-bond donors (Lipinski definition) is 0. The highest BCUT2D eigenvalue weighted by Gasteiger charge is 2.22. The van der Waals surface area contributed by atoms with Crippen LogP contribution in [0, 0.1) is 5.92 Å². The van der Waals surface area contributed by atoms with E-state index in [1.807, 2.05) is 18.7 Å². The van der Waals surface area contributed by atoms with E-state index >= 15 is 0 Å². The predicted octanol–water partition coefficient (Wildman–Crippen LogP) is 3.05. The lowest BCUT2D eigenvalue weighted by atomic mass is 10.1. The Kier molecular flexibility index (Phi) is 5.21. The summed E-state index contributed by atoms with van der Waals surface area (Å²) >= 11 is 0. The Morgan fingerprint density at radius 3 is 2.70 bits per heavy atom. The number of piperidine rings is 1. The largest absolute Gasteiger partial charge is 0.491 e. The van der Waals surface area contributed by atoms with Crippen molar-refractivity contribution in [2.24, 2.45) is 5.92 Å². The molecule has 4 heteroatoms. The van der Waals surface area contributed by atoms with E-state index in [4.69, 9.17) is 4.74 Å². The van der Waals surface area contributed by atoms with Crippen LogP contribution in [0.25, 0.3) is 0 Å². The molecule has 1 aromatic carbocycles. The Morgan fingerprint density at radius 2 is 1.96 bits per heavy atom. The van der Waals surface area contributed by atoms with Gasteiger partial charge in [0.25, 0.3) is 0 Å². The van der Waals surface area contributed by atoms with E-state index in [-0.39, 0.29) is 11.8 Å². The lowest BCUT2D eigenvalue weighted by Gasteiger charge is -2.27. The number of rotatable bonds is 3. The monoisotopic (exact) mass is 316 g/mol. The third-order valence-electron chi connectivity index (χ3n) is 4.77. The molecule has 0 atom stereocenters. The van der Waals surface area contributed by atoms with Gasteiger partial charge in [0.15, 0.2) is 0 Å². The quantitative estimate of drug-likeness (QED) is 0.859. The molecule has 1 saturated heterocycles. The molecule has 3 rings (SSSR count). The molecule has 2 aliphatic rings. The molecule has 0 spiro atoms. The Morgan fingerprint density at radius 1 is 1.17 bits per heavy atom. The summed E-state index contributed by atoms with van der Waals surface area (Å²) < 4.78 is 5.85. The highest BCUT2D eigenvalue weighted by molar-refractivity contribution is 5.78. The van der Waals surface area contributed by atoms with Gasteiger partial charge >= 0.3 is 0 Å². The molecule has 1 amide bonds. The number of benzene rings is 1. The molecule has 126 valence electrons. The van der Waals surface area contributed by atoms with Crippen molar-refractivity contribution in [3.8, 4) is 5.75 Å². The fourth-order valence-corrected chi connectivity index (χ4v) is 3.47. The van der Waals surface area contributed by atoms with Crippen molar-refractivity contribution < 1.29 is 9.53 Å². The summed E-state index contributed by atoms with van der Waals surface area (Å²) in [5.41, 5.74) is 2.47. The van der Waals surface area contributed by atoms with Gasteiger partial charge in [-0.1, -0.05) is 26.3 Å². The summed E-state index contributed by atoms with van der Waals surface area (Å²) in [4.78, 5) is 16.8. The third kappa shape index (κ3) is 4.05. The Balaban J connectivity index is 1.73. The van der Waals surface area contributed by atoms with Crippen LogP contribution >= 0.6 is 0 Å². The molecule has 0 unspecified atom stereocenters. The summed E-state index contributed by atoms with van der Waals surface area (Å²) in [6.45, 7) is 9.25. The second-order valence-corrected chi connectivity index (χ2v) is 7.04. The zero-order valence-electron chi connectivity index (χ0n) is 14.4. The van der Waals surface area contributed by atoms with Gasteiger partial charge in [0, 0.05) is 24.6 Å². The van der Waals surface area contributed by atoms with Crippen LogP contribution in [-0.4, -0.2) is 41.9 Å². The van der Waals surface area contributed by atoms with Gasteiger partial charge in [-0.3, -0.25) is 9.69 Å². The van der Waals surface area contributed by atoms with Crippen molar-refractivity contribution in [3.05, 3.63) is 29.3 Å². The standard InChI is InChI=1S/C19H28N2O2/c1-15(2)19(22)21-10-11-23-18-7-6-16(12-17(18)14-21)13-20-8-4-3-5-9-20/h6-7,12,15H,3-5,8-11,13-14H2,1-2H3. The van der Waals surface area contributed by atoms with E-state index in [2.05, 4.69) is 23.1 Å². The first-order valence-electron chi connectivity index (χ1n) is 8.89. The van der Waals surface area contributed by atoms with E-state index in [0.717, 1.165) is 17.9 Å². The molecule has 1 aromatic rings. The third-order valence-corrected chi connectivity index (χ3v) is 4.77. The summed E-state index contributed by atoms with van der Waals surface area (Å²) in [6.07, 6.45) is 3.98. The topological polar surface area (TPSA) is 32.8 Å². The zero-order valence-corrected chi connectivity index (χ0v) is 14.4. The van der Waals surface area contributed by atoms with E-state index < -0.39 is 0 Å². The number of amides is 1. The smallest absolute Gasteiger partial charge is 0.225 e. The number of fused-ring (bicyclic) bond motifs is 1. The van der Waals surface area contributed by atoms with Gasteiger partial charge in [0.1, 0.15) is 12.4 Å². The molecule has 2 aliphatic heterocycles. The number of nitrogens with zero attached hydrogens (tertiary/aromatic N) is 2. The van der Waals surface area contributed by atoms with E-state index in [0.29, 0.717) is 19.7 Å². The minimum Gasteiger partial charge on any atom is -0.491 e. The second-order valence-electron chi connectivity index (χ2n) is 7.04. The molecule has 23 heavy (non-hydrogen) atoms. The summed E-state index contributed by atoms with van der Waals surface area (Å²) in [6, 6.07) is 6.49. The van der Waals surface area contributed by atoms with Gasteiger partial charge in [-0.05, 0) is 43.6 Å². The zero-order chi connectivity index (χ0) is 16.2.